The van der Waals surface area contributed by atoms with Gasteiger partial charge in [-0.1, -0.05) is 0 Å². The van der Waals surface area contributed by atoms with Gasteiger partial charge in [0.25, 0.3) is 0 Å². The molecule has 0 aliphatic heterocycles. The van der Waals surface area contributed by atoms with Crippen LogP contribution in [0.3, 0.4) is 0 Å². The van der Waals surface area contributed by atoms with Gasteiger partial charge in [-0.05, 0) is 42.8 Å². The summed E-state index contributed by atoms with van der Waals surface area (Å²) in [5, 5.41) is 4.23. The van der Waals surface area contributed by atoms with Crippen LogP contribution in [0.1, 0.15) is 18.2 Å². The summed E-state index contributed by atoms with van der Waals surface area (Å²) < 4.78 is 17.7. The average Bonchev–Trinajstić information content (AvgIpc) is 3.27. The van der Waals surface area contributed by atoms with Gasteiger partial charge in [0.05, 0.1) is 43.8 Å². The number of pyridine rings is 2. The second kappa shape index (κ2) is 9.52. The van der Waals surface area contributed by atoms with Gasteiger partial charge < -0.3 is 14.2 Å². The molecule has 168 valence electrons. The lowest BCUT2D eigenvalue weighted by atomic mass is 10.0. The molecular weight excluding hydrogens is 420 g/mol. The first-order valence-corrected chi connectivity index (χ1v) is 10.4. The van der Waals surface area contributed by atoms with Crippen molar-refractivity contribution in [1.82, 2.24) is 19.7 Å². The summed E-state index contributed by atoms with van der Waals surface area (Å²) in [7, 11) is 5.02. The zero-order valence-corrected chi connectivity index (χ0v) is 18.9. The van der Waals surface area contributed by atoms with Gasteiger partial charge >= 0.3 is 5.97 Å². The smallest absolute Gasteiger partial charge is 0.331 e. The first-order chi connectivity index (χ1) is 16.0. The molecule has 1 aromatic carbocycles. The monoisotopic (exact) mass is 444 g/mol. The quantitative estimate of drug-likeness (QED) is 0.314. The second-order valence-corrected chi connectivity index (χ2v) is 7.27. The molecule has 0 unspecified atom stereocenters. The van der Waals surface area contributed by atoms with E-state index < -0.39 is 5.97 Å². The highest BCUT2D eigenvalue weighted by Crippen LogP contribution is 2.31. The van der Waals surface area contributed by atoms with E-state index in [0.29, 0.717) is 33.8 Å². The molecule has 0 spiro atoms. The Hall–Kier alpha value is -4.20. The number of fused-ring (bicyclic) bond motifs is 1. The highest BCUT2D eigenvalue weighted by Gasteiger charge is 2.14. The first-order valence-electron chi connectivity index (χ1n) is 10.4. The number of esters is 1. The minimum Gasteiger partial charge on any atom is -0.497 e. The molecule has 8 heteroatoms. The van der Waals surface area contributed by atoms with Crippen molar-refractivity contribution in [3.05, 3.63) is 72.3 Å². The topological polar surface area (TPSA) is 88.4 Å². The number of hydrogen-bond donors (Lipinski definition) is 0. The number of hydrogen-bond acceptors (Lipinski definition) is 7. The molecule has 0 fully saturated rings. The molecule has 33 heavy (non-hydrogen) atoms. The molecule has 0 saturated carbocycles. The molecular formula is C25H24N4O4. The Morgan fingerprint density at radius 1 is 1.00 bits per heavy atom. The van der Waals surface area contributed by atoms with Gasteiger partial charge in [-0.15, -0.1) is 0 Å². The molecule has 0 bridgehead atoms. The van der Waals surface area contributed by atoms with Crippen LogP contribution < -0.4 is 9.47 Å². The fourth-order valence-corrected chi connectivity index (χ4v) is 3.45. The SMILES string of the molecule is CCOC(=O)C=C(c1cc(OC)cc(OC)c1)c1ccc2ncc(-c3cnn(C)c3)cc2n1. The normalized spacial score (nSPS) is 11.5. The van der Waals surface area contributed by atoms with Crippen molar-refractivity contribution >= 4 is 22.6 Å². The van der Waals surface area contributed by atoms with E-state index >= 15 is 0 Å². The van der Waals surface area contributed by atoms with Crippen LogP contribution in [0.4, 0.5) is 0 Å². The van der Waals surface area contributed by atoms with Crippen molar-refractivity contribution < 1.29 is 19.0 Å². The van der Waals surface area contributed by atoms with Gasteiger partial charge in [0.1, 0.15) is 11.5 Å². The third-order valence-electron chi connectivity index (χ3n) is 5.06. The molecule has 8 nitrogen and oxygen atoms in total. The minimum absolute atomic E-state index is 0.271. The minimum atomic E-state index is -0.460. The summed E-state index contributed by atoms with van der Waals surface area (Å²) in [6.07, 6.45) is 6.93. The highest BCUT2D eigenvalue weighted by atomic mass is 16.5. The van der Waals surface area contributed by atoms with Gasteiger partial charge in [-0.3, -0.25) is 9.67 Å². The summed E-state index contributed by atoms with van der Waals surface area (Å²) >= 11 is 0. The van der Waals surface area contributed by atoms with Crippen molar-refractivity contribution in [3.8, 4) is 22.6 Å². The van der Waals surface area contributed by atoms with E-state index in [1.54, 1.807) is 44.3 Å². The van der Waals surface area contributed by atoms with E-state index in [1.807, 2.05) is 43.6 Å². The van der Waals surface area contributed by atoms with E-state index in [4.69, 9.17) is 19.2 Å². The van der Waals surface area contributed by atoms with Gasteiger partial charge in [-0.2, -0.15) is 5.10 Å². The van der Waals surface area contributed by atoms with Crippen LogP contribution in [0.15, 0.2) is 61.1 Å². The molecule has 4 rings (SSSR count). The maximum Gasteiger partial charge on any atom is 0.331 e. The Balaban J connectivity index is 1.86. The van der Waals surface area contributed by atoms with Gasteiger partial charge in [-0.25, -0.2) is 9.78 Å². The fourth-order valence-electron chi connectivity index (χ4n) is 3.45. The number of aryl methyl sites for hydroxylation is 1. The number of carbonyl (C=O) groups is 1. The summed E-state index contributed by atoms with van der Waals surface area (Å²) in [5.41, 5.74) is 5.17. The largest absolute Gasteiger partial charge is 0.497 e. The summed E-state index contributed by atoms with van der Waals surface area (Å²) in [6, 6.07) is 11.1. The lowest BCUT2D eigenvalue weighted by Crippen LogP contribution is -2.03. The number of aromatic nitrogens is 4. The Labute approximate surface area is 191 Å². The van der Waals surface area contributed by atoms with Crippen molar-refractivity contribution in [3.63, 3.8) is 0 Å². The molecule has 0 aliphatic rings. The standard InChI is InChI=1S/C25H24N4O4/c1-5-33-25(30)12-21(16-8-19(31-3)11-20(9-16)32-4)22-6-7-23-24(28-22)10-17(13-26-23)18-14-27-29(2)15-18/h6-15H,5H2,1-4H3. The van der Waals surface area contributed by atoms with Crippen molar-refractivity contribution in [2.75, 3.05) is 20.8 Å². The van der Waals surface area contributed by atoms with Crippen molar-refractivity contribution in [2.24, 2.45) is 7.05 Å². The Morgan fingerprint density at radius 2 is 1.76 bits per heavy atom. The Morgan fingerprint density at radius 3 is 2.39 bits per heavy atom. The number of carbonyl (C=O) groups excluding carboxylic acids is 1. The summed E-state index contributed by atoms with van der Waals surface area (Å²) in [5.74, 6) is 0.735. The van der Waals surface area contributed by atoms with E-state index in [9.17, 15) is 4.79 Å². The van der Waals surface area contributed by atoms with E-state index in [2.05, 4.69) is 10.1 Å². The van der Waals surface area contributed by atoms with Crippen LogP contribution in [0.2, 0.25) is 0 Å². The highest BCUT2D eigenvalue weighted by molar-refractivity contribution is 5.96. The van der Waals surface area contributed by atoms with Gasteiger partial charge in [0.2, 0.25) is 0 Å². The zero-order chi connectivity index (χ0) is 23.4. The lowest BCUT2D eigenvalue weighted by molar-refractivity contribution is -0.137. The van der Waals surface area contributed by atoms with E-state index in [1.165, 1.54) is 6.08 Å². The third kappa shape index (κ3) is 4.85. The van der Waals surface area contributed by atoms with E-state index in [-0.39, 0.29) is 6.61 Å². The van der Waals surface area contributed by atoms with Gasteiger partial charge in [0.15, 0.2) is 0 Å². The maximum atomic E-state index is 12.4. The number of methoxy groups -OCH3 is 2. The Bertz CT molecular complexity index is 1320. The number of benzene rings is 1. The Kier molecular flexibility index (Phi) is 6.35. The van der Waals surface area contributed by atoms with Crippen LogP contribution in [-0.4, -0.2) is 46.5 Å². The van der Waals surface area contributed by atoms with Crippen molar-refractivity contribution in [2.45, 2.75) is 6.92 Å². The summed E-state index contributed by atoms with van der Waals surface area (Å²) in [6.45, 7) is 2.04. The van der Waals surface area contributed by atoms with Crippen LogP contribution in [-0.2, 0) is 16.6 Å². The predicted molar refractivity (Wildman–Crippen MR) is 125 cm³/mol. The summed E-state index contributed by atoms with van der Waals surface area (Å²) in [4.78, 5) is 21.8. The molecule has 0 aliphatic carbocycles. The number of nitrogens with zero attached hydrogens (tertiary/aromatic N) is 4. The average molecular weight is 444 g/mol. The van der Waals surface area contributed by atoms with Crippen LogP contribution in [0.5, 0.6) is 11.5 Å². The second-order valence-electron chi connectivity index (χ2n) is 7.27. The maximum absolute atomic E-state index is 12.4. The zero-order valence-electron chi connectivity index (χ0n) is 18.9. The molecule has 0 N–H and O–H groups in total. The molecule has 0 saturated heterocycles. The molecule has 4 aromatic rings. The molecule has 3 heterocycles. The third-order valence-corrected chi connectivity index (χ3v) is 5.06. The van der Waals surface area contributed by atoms with Crippen LogP contribution in [0, 0.1) is 0 Å². The predicted octanol–water partition coefficient (Wildman–Crippen LogP) is 4.04. The first kappa shape index (κ1) is 22.0. The van der Waals surface area contributed by atoms with Crippen LogP contribution in [0.25, 0.3) is 27.7 Å². The molecule has 0 radical (unpaired) electrons. The fraction of sp³-hybridized carbons (Fsp3) is 0.200. The van der Waals surface area contributed by atoms with Gasteiger partial charge in [0, 0.05) is 48.3 Å². The number of ether oxygens (including phenoxy) is 3. The molecule has 0 atom stereocenters. The number of rotatable bonds is 7. The van der Waals surface area contributed by atoms with Crippen molar-refractivity contribution in [1.29, 1.82) is 0 Å². The molecule has 0 amide bonds. The van der Waals surface area contributed by atoms with E-state index in [0.717, 1.165) is 16.6 Å². The lowest BCUT2D eigenvalue weighted by Gasteiger charge is -2.12. The van der Waals surface area contributed by atoms with Crippen LogP contribution >= 0.6 is 0 Å². The molecule has 3 aromatic heterocycles.